The molecule has 0 saturated carbocycles. The topological polar surface area (TPSA) is 93.5 Å². The van der Waals surface area contributed by atoms with Gasteiger partial charge in [-0.3, -0.25) is 9.48 Å². The van der Waals surface area contributed by atoms with Gasteiger partial charge in [-0.15, -0.1) is 0 Å². The second kappa shape index (κ2) is 5.00. The number of hydrogen-bond donors (Lipinski definition) is 2. The molecule has 1 saturated heterocycles. The number of carbonyl (C=O) groups is 2. The number of carboxylic acid groups (broad SMARTS) is 1. The molecule has 1 amide bonds. The van der Waals surface area contributed by atoms with Crippen LogP contribution in [0.1, 0.15) is 29.4 Å². The number of nitrogens with zero attached hydrogens (tertiary/aromatic N) is 2. The lowest BCUT2D eigenvalue weighted by molar-refractivity contribution is -0.144. The number of amides is 1. The molecule has 7 heteroatoms. The second-order valence-corrected chi connectivity index (χ2v) is 4.66. The van der Waals surface area contributed by atoms with E-state index in [1.165, 1.54) is 0 Å². The summed E-state index contributed by atoms with van der Waals surface area (Å²) in [6.07, 6.45) is 2.48. The SMILES string of the molecule is CCc1nn(C)cc1C(=O)NC1(C(=O)O)CCOC1. The van der Waals surface area contributed by atoms with Gasteiger partial charge in [-0.05, 0) is 6.42 Å². The number of aromatic nitrogens is 2. The van der Waals surface area contributed by atoms with Gasteiger partial charge in [-0.2, -0.15) is 5.10 Å². The van der Waals surface area contributed by atoms with E-state index in [-0.39, 0.29) is 13.0 Å². The van der Waals surface area contributed by atoms with Gasteiger partial charge in [0, 0.05) is 26.3 Å². The number of hydrogen-bond acceptors (Lipinski definition) is 4. The third kappa shape index (κ3) is 2.46. The third-order valence-electron chi connectivity index (χ3n) is 3.27. The van der Waals surface area contributed by atoms with Crippen LogP contribution in [0.4, 0.5) is 0 Å². The smallest absolute Gasteiger partial charge is 0.331 e. The lowest BCUT2D eigenvalue weighted by Gasteiger charge is -2.23. The maximum atomic E-state index is 12.2. The summed E-state index contributed by atoms with van der Waals surface area (Å²) in [6.45, 7) is 2.22. The van der Waals surface area contributed by atoms with Crippen molar-refractivity contribution >= 4 is 11.9 Å². The molecular weight excluding hydrogens is 250 g/mol. The zero-order valence-corrected chi connectivity index (χ0v) is 11.0. The van der Waals surface area contributed by atoms with Crippen LogP contribution in [0.15, 0.2) is 6.20 Å². The van der Waals surface area contributed by atoms with Crippen molar-refractivity contribution in [1.82, 2.24) is 15.1 Å². The number of rotatable bonds is 4. The maximum absolute atomic E-state index is 12.2. The van der Waals surface area contributed by atoms with Gasteiger partial charge >= 0.3 is 5.97 Å². The highest BCUT2D eigenvalue weighted by Gasteiger charge is 2.44. The predicted molar refractivity (Wildman–Crippen MR) is 65.9 cm³/mol. The van der Waals surface area contributed by atoms with Gasteiger partial charge < -0.3 is 15.2 Å². The van der Waals surface area contributed by atoms with Crippen LogP contribution < -0.4 is 5.32 Å². The van der Waals surface area contributed by atoms with E-state index in [0.29, 0.717) is 24.3 Å². The highest BCUT2D eigenvalue weighted by atomic mass is 16.5. The molecule has 0 aromatic carbocycles. The van der Waals surface area contributed by atoms with Gasteiger partial charge in [0.15, 0.2) is 5.54 Å². The average molecular weight is 267 g/mol. The summed E-state index contributed by atoms with van der Waals surface area (Å²) in [7, 11) is 1.72. The Morgan fingerprint density at radius 3 is 2.89 bits per heavy atom. The van der Waals surface area contributed by atoms with E-state index in [0.717, 1.165) is 0 Å². The standard InChI is InChI=1S/C12H17N3O4/c1-3-9-8(6-15(2)14-9)10(16)13-12(11(17)18)4-5-19-7-12/h6H,3-5,7H2,1-2H3,(H,13,16)(H,17,18). The highest BCUT2D eigenvalue weighted by molar-refractivity contribution is 5.98. The molecule has 0 radical (unpaired) electrons. The molecule has 0 aliphatic carbocycles. The molecule has 2 rings (SSSR count). The minimum absolute atomic E-state index is 0.00417. The highest BCUT2D eigenvalue weighted by Crippen LogP contribution is 2.20. The lowest BCUT2D eigenvalue weighted by atomic mass is 9.98. The van der Waals surface area contributed by atoms with E-state index < -0.39 is 17.4 Å². The number of aryl methyl sites for hydroxylation is 2. The van der Waals surface area contributed by atoms with Crippen LogP contribution in [-0.2, 0) is 23.0 Å². The molecule has 1 aromatic heterocycles. The summed E-state index contributed by atoms with van der Waals surface area (Å²) in [5.41, 5.74) is -0.255. The molecular formula is C12H17N3O4. The summed E-state index contributed by atoms with van der Waals surface area (Å²) in [6, 6.07) is 0. The minimum Gasteiger partial charge on any atom is -0.479 e. The molecule has 1 aromatic rings. The first kappa shape index (κ1) is 13.5. The van der Waals surface area contributed by atoms with Crippen molar-refractivity contribution in [3.8, 4) is 0 Å². The Balaban J connectivity index is 2.22. The summed E-state index contributed by atoms with van der Waals surface area (Å²) in [5.74, 6) is -1.49. The Labute approximate surface area is 110 Å². The summed E-state index contributed by atoms with van der Waals surface area (Å²) in [4.78, 5) is 23.6. The third-order valence-corrected chi connectivity index (χ3v) is 3.27. The quantitative estimate of drug-likeness (QED) is 0.798. The monoisotopic (exact) mass is 267 g/mol. The molecule has 1 aliphatic rings. The van der Waals surface area contributed by atoms with Gasteiger partial charge in [-0.25, -0.2) is 4.79 Å². The van der Waals surface area contributed by atoms with Gasteiger partial charge in [0.25, 0.3) is 5.91 Å². The zero-order valence-electron chi connectivity index (χ0n) is 11.0. The van der Waals surface area contributed by atoms with Crippen molar-refractivity contribution in [2.24, 2.45) is 7.05 Å². The molecule has 0 spiro atoms. The minimum atomic E-state index is -1.32. The average Bonchev–Trinajstić information content (AvgIpc) is 2.96. The number of aliphatic carboxylic acids is 1. The summed E-state index contributed by atoms with van der Waals surface area (Å²) < 4.78 is 6.65. The lowest BCUT2D eigenvalue weighted by Crippen LogP contribution is -2.55. The fourth-order valence-corrected chi connectivity index (χ4v) is 2.16. The molecule has 7 nitrogen and oxygen atoms in total. The molecule has 1 fully saturated rings. The normalized spacial score (nSPS) is 22.4. The molecule has 104 valence electrons. The van der Waals surface area contributed by atoms with Crippen molar-refractivity contribution in [2.45, 2.75) is 25.3 Å². The molecule has 0 bridgehead atoms. The molecule has 2 heterocycles. The molecule has 2 N–H and O–H groups in total. The van der Waals surface area contributed by atoms with Crippen molar-refractivity contribution in [3.05, 3.63) is 17.5 Å². The summed E-state index contributed by atoms with van der Waals surface area (Å²) in [5, 5.41) is 16.0. The largest absolute Gasteiger partial charge is 0.479 e. The van der Waals surface area contributed by atoms with Crippen LogP contribution in [0, 0.1) is 0 Å². The Hall–Kier alpha value is -1.89. The van der Waals surface area contributed by atoms with Crippen LogP contribution in [0.25, 0.3) is 0 Å². The van der Waals surface area contributed by atoms with Crippen molar-refractivity contribution < 1.29 is 19.4 Å². The zero-order chi connectivity index (χ0) is 14.0. The van der Waals surface area contributed by atoms with E-state index in [1.807, 2.05) is 6.92 Å². The number of carboxylic acids is 1. The van der Waals surface area contributed by atoms with Crippen molar-refractivity contribution in [3.63, 3.8) is 0 Å². The first-order valence-corrected chi connectivity index (χ1v) is 6.14. The molecule has 19 heavy (non-hydrogen) atoms. The van der Waals surface area contributed by atoms with Gasteiger partial charge in [-0.1, -0.05) is 6.92 Å². The first-order valence-electron chi connectivity index (χ1n) is 6.14. The van der Waals surface area contributed by atoms with E-state index in [9.17, 15) is 14.7 Å². The fourth-order valence-electron chi connectivity index (χ4n) is 2.16. The van der Waals surface area contributed by atoms with E-state index in [1.54, 1.807) is 17.9 Å². The van der Waals surface area contributed by atoms with Gasteiger partial charge in [0.05, 0.1) is 17.9 Å². The fraction of sp³-hybridized carbons (Fsp3) is 0.583. The maximum Gasteiger partial charge on any atom is 0.331 e. The van der Waals surface area contributed by atoms with Crippen molar-refractivity contribution in [1.29, 1.82) is 0 Å². The van der Waals surface area contributed by atoms with Gasteiger partial charge in [0.1, 0.15) is 0 Å². The molecule has 1 aliphatic heterocycles. The Morgan fingerprint density at radius 2 is 2.37 bits per heavy atom. The van der Waals surface area contributed by atoms with Crippen LogP contribution >= 0.6 is 0 Å². The Kier molecular flexibility index (Phi) is 3.57. The number of carbonyl (C=O) groups excluding carboxylic acids is 1. The second-order valence-electron chi connectivity index (χ2n) is 4.66. The van der Waals surface area contributed by atoms with E-state index >= 15 is 0 Å². The first-order chi connectivity index (χ1) is 8.98. The van der Waals surface area contributed by atoms with E-state index in [2.05, 4.69) is 10.4 Å². The number of nitrogens with one attached hydrogen (secondary N) is 1. The number of ether oxygens (including phenoxy) is 1. The Bertz CT molecular complexity index is 503. The molecule has 1 atom stereocenters. The summed E-state index contributed by atoms with van der Waals surface area (Å²) >= 11 is 0. The Morgan fingerprint density at radius 1 is 1.63 bits per heavy atom. The van der Waals surface area contributed by atoms with Gasteiger partial charge in [0.2, 0.25) is 0 Å². The predicted octanol–water partition coefficient (Wildman–Crippen LogP) is -0.0440. The molecule has 1 unspecified atom stereocenters. The van der Waals surface area contributed by atoms with Crippen LogP contribution in [-0.4, -0.2) is 45.5 Å². The van der Waals surface area contributed by atoms with E-state index in [4.69, 9.17) is 4.74 Å². The van der Waals surface area contributed by atoms with Crippen LogP contribution in [0.5, 0.6) is 0 Å². The van der Waals surface area contributed by atoms with Crippen LogP contribution in [0.3, 0.4) is 0 Å². The van der Waals surface area contributed by atoms with Crippen molar-refractivity contribution in [2.75, 3.05) is 13.2 Å². The van der Waals surface area contributed by atoms with Crippen LogP contribution in [0.2, 0.25) is 0 Å².